The van der Waals surface area contributed by atoms with Gasteiger partial charge in [0, 0.05) is 6.54 Å². The van der Waals surface area contributed by atoms with Crippen LogP contribution in [0.25, 0.3) is 10.9 Å². The number of likely N-dealkylation sites (tertiary alicyclic amines) is 1. The Labute approximate surface area is 249 Å². The van der Waals surface area contributed by atoms with Crippen molar-refractivity contribution in [3.8, 4) is 0 Å². The van der Waals surface area contributed by atoms with E-state index in [4.69, 9.17) is 0 Å². The van der Waals surface area contributed by atoms with Gasteiger partial charge in [-0.15, -0.1) is 0 Å². The number of para-hydroxylation sites is 1. The molecule has 0 spiro atoms. The number of amides is 1. The van der Waals surface area contributed by atoms with E-state index >= 15 is 0 Å². The molecule has 0 saturated carbocycles. The van der Waals surface area contributed by atoms with Crippen LogP contribution in [0, 0.1) is 10.1 Å². The van der Waals surface area contributed by atoms with Crippen LogP contribution in [0.5, 0.6) is 0 Å². The number of anilines is 2. The molecular weight excluding hydrogens is 599 g/mol. The number of nitrogens with one attached hydrogen (secondary N) is 3. The topological polar surface area (TPSA) is 112 Å². The van der Waals surface area contributed by atoms with E-state index < -0.39 is 4.92 Å². The molecular formula is C30H32AsN6O3S. The summed E-state index contributed by atoms with van der Waals surface area (Å²) in [7, 11) is 0. The van der Waals surface area contributed by atoms with Gasteiger partial charge in [0.1, 0.15) is 0 Å². The Balaban J connectivity index is 1.18. The summed E-state index contributed by atoms with van der Waals surface area (Å²) >= 11 is 1.19. The van der Waals surface area contributed by atoms with Crippen molar-refractivity contribution in [2.24, 2.45) is 0 Å². The second kappa shape index (κ2) is 14.3. The van der Waals surface area contributed by atoms with Crippen molar-refractivity contribution >= 4 is 59.6 Å². The SMILES string of the molecule is O=C(Nc1cccc(NC=C(NCCN2CCCCC2)[N+](=O)[O-])c1)c1sccc1[As]Cc1ccnc2ccccc12. The van der Waals surface area contributed by atoms with E-state index in [1.807, 2.05) is 41.9 Å². The molecule has 3 N–H and O–H groups in total. The van der Waals surface area contributed by atoms with Gasteiger partial charge in [-0.3, -0.25) is 4.90 Å². The first-order chi connectivity index (χ1) is 20.1. The van der Waals surface area contributed by atoms with Gasteiger partial charge in [0.15, 0.2) is 0 Å². The van der Waals surface area contributed by atoms with Crippen molar-refractivity contribution in [1.29, 1.82) is 0 Å². The van der Waals surface area contributed by atoms with Gasteiger partial charge in [-0.05, 0) is 25.9 Å². The van der Waals surface area contributed by atoms with Gasteiger partial charge in [0.2, 0.25) is 0 Å². The summed E-state index contributed by atoms with van der Waals surface area (Å²) in [6.45, 7) is 3.38. The first-order valence-corrected chi connectivity index (χ1v) is 16.8. The molecule has 4 aromatic rings. The number of fused-ring (bicyclic) bond motifs is 1. The number of pyridine rings is 1. The number of carbonyl (C=O) groups excluding carboxylic acids is 1. The summed E-state index contributed by atoms with van der Waals surface area (Å²) in [5.74, 6) is -0.243. The van der Waals surface area contributed by atoms with Crippen LogP contribution in [0.3, 0.4) is 0 Å². The fourth-order valence-electron chi connectivity index (χ4n) is 4.78. The van der Waals surface area contributed by atoms with Crippen molar-refractivity contribution in [1.82, 2.24) is 15.2 Å². The number of piperidine rings is 1. The zero-order valence-corrected chi connectivity index (χ0v) is 25.3. The van der Waals surface area contributed by atoms with E-state index in [1.165, 1.54) is 42.4 Å². The fourth-order valence-corrected chi connectivity index (χ4v) is 8.54. The molecule has 1 radical (unpaired) electrons. The Morgan fingerprint density at radius 3 is 2.76 bits per heavy atom. The third-order valence-corrected chi connectivity index (χ3v) is 10.7. The number of thiophene rings is 1. The zero-order valence-electron chi connectivity index (χ0n) is 22.6. The number of rotatable bonds is 12. The van der Waals surface area contributed by atoms with E-state index in [1.54, 1.807) is 18.2 Å². The number of benzene rings is 2. The van der Waals surface area contributed by atoms with Crippen molar-refractivity contribution in [3.05, 3.63) is 105 Å². The van der Waals surface area contributed by atoms with Crippen LogP contribution in [-0.4, -0.2) is 62.6 Å². The maximum atomic E-state index is 13.2. The standard InChI is InChI=1S/C30H32AsN6O3S/c38-30(29-26(12-18-41-29)31-20-22-11-13-32-27-10-3-2-9-25(22)27)35-24-8-6-7-23(19-24)34-21-28(37(39)40)33-14-17-36-15-4-1-5-16-36/h2-3,6-13,18-19,21,33-34H,1,4-5,14-17,20H2,(H,35,38). The molecule has 1 amide bonds. The van der Waals surface area contributed by atoms with Crippen molar-refractivity contribution in [2.75, 3.05) is 36.8 Å². The van der Waals surface area contributed by atoms with E-state index in [-0.39, 0.29) is 27.5 Å². The van der Waals surface area contributed by atoms with E-state index in [9.17, 15) is 14.9 Å². The predicted molar refractivity (Wildman–Crippen MR) is 167 cm³/mol. The molecule has 1 aliphatic heterocycles. The van der Waals surface area contributed by atoms with E-state index in [0.29, 0.717) is 17.9 Å². The first-order valence-electron chi connectivity index (χ1n) is 13.6. The fraction of sp³-hybridized carbons (Fsp3) is 0.267. The van der Waals surface area contributed by atoms with Crippen molar-refractivity contribution < 1.29 is 9.72 Å². The minimum atomic E-state index is -0.426. The Morgan fingerprint density at radius 2 is 1.90 bits per heavy atom. The molecule has 2 aromatic heterocycles. The van der Waals surface area contributed by atoms with Crippen LogP contribution in [0.2, 0.25) is 0 Å². The minimum absolute atomic E-state index is 0.0926. The summed E-state index contributed by atoms with van der Waals surface area (Å²) in [5, 5.41) is 24.5. The molecule has 5 rings (SSSR count). The van der Waals surface area contributed by atoms with Gasteiger partial charge in [-0.25, -0.2) is 0 Å². The summed E-state index contributed by atoms with van der Waals surface area (Å²) < 4.78 is 1.09. The second-order valence-electron chi connectivity index (χ2n) is 9.73. The molecule has 0 bridgehead atoms. The molecule has 0 unspecified atom stereocenters. The maximum absolute atomic E-state index is 13.2. The van der Waals surface area contributed by atoms with Gasteiger partial charge in [0.25, 0.3) is 0 Å². The Bertz CT molecular complexity index is 1530. The molecule has 41 heavy (non-hydrogen) atoms. The molecule has 2 aromatic carbocycles. The molecule has 0 atom stereocenters. The molecule has 1 fully saturated rings. The number of carbonyl (C=O) groups is 1. The van der Waals surface area contributed by atoms with Gasteiger partial charge in [-0.1, -0.05) is 6.42 Å². The van der Waals surface area contributed by atoms with Crippen LogP contribution in [-0.2, 0) is 5.21 Å². The monoisotopic (exact) mass is 631 g/mol. The van der Waals surface area contributed by atoms with Gasteiger partial charge in [-0.2, -0.15) is 0 Å². The molecule has 0 aliphatic carbocycles. The van der Waals surface area contributed by atoms with E-state index in [2.05, 4.69) is 38.0 Å². The van der Waals surface area contributed by atoms with Crippen LogP contribution in [0.15, 0.2) is 84.3 Å². The molecule has 1 saturated heterocycles. The summed E-state index contributed by atoms with van der Waals surface area (Å²) in [6.07, 6.45) is 6.83. The quantitative estimate of drug-likeness (QED) is 0.119. The number of nitro groups is 1. The Kier molecular flexibility index (Phi) is 10.0. The van der Waals surface area contributed by atoms with Crippen LogP contribution < -0.4 is 20.3 Å². The third kappa shape index (κ3) is 7.94. The van der Waals surface area contributed by atoms with Gasteiger partial charge < -0.3 is 0 Å². The molecule has 211 valence electrons. The normalized spacial score (nSPS) is 14.4. The van der Waals surface area contributed by atoms with Gasteiger partial charge in [0.05, 0.1) is 0 Å². The third-order valence-electron chi connectivity index (χ3n) is 6.89. The summed E-state index contributed by atoms with van der Waals surface area (Å²) in [4.78, 5) is 31.8. The molecule has 9 nitrogen and oxygen atoms in total. The second-order valence-corrected chi connectivity index (χ2v) is 13.0. The average Bonchev–Trinajstić information content (AvgIpc) is 3.47. The first kappa shape index (κ1) is 28.8. The number of hydrogen-bond acceptors (Lipinski definition) is 8. The summed E-state index contributed by atoms with van der Waals surface area (Å²) in [6, 6.07) is 19.4. The predicted octanol–water partition coefficient (Wildman–Crippen LogP) is 4.64. The summed E-state index contributed by atoms with van der Waals surface area (Å²) in [5.41, 5.74) is 3.48. The van der Waals surface area contributed by atoms with E-state index in [0.717, 1.165) is 45.0 Å². The van der Waals surface area contributed by atoms with Gasteiger partial charge >= 0.3 is 207 Å². The zero-order chi connectivity index (χ0) is 28.4. The molecule has 11 heteroatoms. The molecule has 3 heterocycles. The number of hydrogen-bond donors (Lipinski definition) is 3. The number of nitrogens with zero attached hydrogens (tertiary/aromatic N) is 3. The average molecular weight is 632 g/mol. The number of aromatic nitrogens is 1. The Morgan fingerprint density at radius 1 is 1.07 bits per heavy atom. The van der Waals surface area contributed by atoms with Crippen LogP contribution >= 0.6 is 11.3 Å². The van der Waals surface area contributed by atoms with Crippen LogP contribution in [0.4, 0.5) is 11.4 Å². The Hall–Kier alpha value is -3.72. The molecule has 1 aliphatic rings. The van der Waals surface area contributed by atoms with Crippen LogP contribution in [0.1, 0.15) is 34.5 Å². The van der Waals surface area contributed by atoms with Crippen molar-refractivity contribution in [2.45, 2.75) is 24.5 Å². The van der Waals surface area contributed by atoms with Crippen molar-refractivity contribution in [3.63, 3.8) is 0 Å².